The molecule has 0 saturated carbocycles. The minimum Gasteiger partial charge on any atom is -0.378 e. The van der Waals surface area contributed by atoms with Crippen LogP contribution in [0, 0.1) is 0 Å². The molecule has 0 unspecified atom stereocenters. The molecule has 1 aliphatic rings. The van der Waals surface area contributed by atoms with E-state index in [1.165, 1.54) is 17.1 Å². The van der Waals surface area contributed by atoms with Gasteiger partial charge in [0.25, 0.3) is 0 Å². The second-order valence-electron chi connectivity index (χ2n) is 4.36. The number of rotatable bonds is 10. The molecule has 0 aromatic carbocycles. The van der Waals surface area contributed by atoms with E-state index in [0.717, 1.165) is 0 Å². The van der Waals surface area contributed by atoms with Gasteiger partial charge in [0, 0.05) is 19.2 Å². The van der Waals surface area contributed by atoms with Crippen molar-refractivity contribution >= 4 is 17.6 Å². The summed E-state index contributed by atoms with van der Waals surface area (Å²) in [6.45, 7) is 2.36. The second kappa shape index (κ2) is 10.0. The summed E-state index contributed by atoms with van der Waals surface area (Å²) in [5.74, 6) is -0.851. The van der Waals surface area contributed by atoms with E-state index in [4.69, 9.17) is 15.2 Å². The van der Waals surface area contributed by atoms with Crippen LogP contribution in [0.5, 0.6) is 0 Å². The molecule has 0 bridgehead atoms. The van der Waals surface area contributed by atoms with Crippen molar-refractivity contribution in [1.82, 2.24) is 10.2 Å². The molecule has 0 spiro atoms. The third-order valence-corrected chi connectivity index (χ3v) is 2.61. The maximum absolute atomic E-state index is 11.6. The monoisotopic (exact) mass is 299 g/mol. The van der Waals surface area contributed by atoms with E-state index in [2.05, 4.69) is 5.32 Å². The van der Waals surface area contributed by atoms with Crippen molar-refractivity contribution in [3.05, 3.63) is 12.2 Å². The van der Waals surface area contributed by atoms with E-state index < -0.39 is 0 Å². The zero-order valence-corrected chi connectivity index (χ0v) is 11.9. The van der Waals surface area contributed by atoms with Crippen molar-refractivity contribution in [2.75, 3.05) is 52.6 Å². The molecule has 21 heavy (non-hydrogen) atoms. The minimum atomic E-state index is -0.335. The molecule has 0 atom stereocenters. The van der Waals surface area contributed by atoms with Crippen LogP contribution in [0.2, 0.25) is 0 Å². The minimum absolute atomic E-state index is 0.0578. The van der Waals surface area contributed by atoms with Gasteiger partial charge in [-0.2, -0.15) is 0 Å². The van der Waals surface area contributed by atoms with Gasteiger partial charge in [-0.25, -0.2) is 0 Å². The van der Waals surface area contributed by atoms with Crippen molar-refractivity contribution < 1.29 is 23.9 Å². The van der Waals surface area contributed by atoms with Crippen molar-refractivity contribution in [3.8, 4) is 0 Å². The molecule has 3 N–H and O–H groups in total. The lowest BCUT2D eigenvalue weighted by atomic mass is 10.2. The highest BCUT2D eigenvalue weighted by Gasteiger charge is 2.20. The Morgan fingerprint density at radius 2 is 1.90 bits per heavy atom. The number of nitrogens with one attached hydrogen (secondary N) is 1. The predicted molar refractivity (Wildman–Crippen MR) is 74.4 cm³/mol. The zero-order chi connectivity index (χ0) is 15.5. The number of ether oxygens (including phenoxy) is 2. The Bertz CT molecular complexity index is 397. The van der Waals surface area contributed by atoms with Crippen LogP contribution in [-0.2, 0) is 23.9 Å². The van der Waals surface area contributed by atoms with Gasteiger partial charge in [-0.3, -0.25) is 14.4 Å². The fraction of sp³-hybridized carbons (Fsp3) is 0.615. The summed E-state index contributed by atoms with van der Waals surface area (Å²) in [5, 5.41) is 2.61. The molecule has 1 heterocycles. The van der Waals surface area contributed by atoms with E-state index in [0.29, 0.717) is 39.5 Å². The largest absolute Gasteiger partial charge is 0.378 e. The summed E-state index contributed by atoms with van der Waals surface area (Å²) in [7, 11) is 0. The van der Waals surface area contributed by atoms with Gasteiger partial charge in [0.05, 0.1) is 33.0 Å². The van der Waals surface area contributed by atoms with E-state index >= 15 is 0 Å². The van der Waals surface area contributed by atoms with Gasteiger partial charge in [0.15, 0.2) is 5.78 Å². The molecule has 8 nitrogen and oxygen atoms in total. The first kappa shape index (κ1) is 17.3. The third-order valence-electron chi connectivity index (χ3n) is 2.61. The molecule has 1 aliphatic heterocycles. The maximum atomic E-state index is 11.6. The number of nitrogens with two attached hydrogens (primary N) is 1. The number of hydrogen-bond acceptors (Lipinski definition) is 6. The van der Waals surface area contributed by atoms with Gasteiger partial charge in [-0.1, -0.05) is 0 Å². The summed E-state index contributed by atoms with van der Waals surface area (Å²) < 4.78 is 10.3. The first-order valence-corrected chi connectivity index (χ1v) is 6.75. The average molecular weight is 299 g/mol. The molecular formula is C13H21N3O5. The van der Waals surface area contributed by atoms with Gasteiger partial charge in [-0.15, -0.1) is 0 Å². The van der Waals surface area contributed by atoms with Gasteiger partial charge in [-0.05, 0) is 6.08 Å². The lowest BCUT2D eigenvalue weighted by Crippen LogP contribution is -2.44. The maximum Gasteiger partial charge on any atom is 0.247 e. The SMILES string of the molecule is NCCOCCOCCNC(=O)CN1CC(=O)C=CC1=O. The van der Waals surface area contributed by atoms with Crippen LogP contribution < -0.4 is 11.1 Å². The number of hydrogen-bond donors (Lipinski definition) is 2. The molecule has 0 aromatic rings. The van der Waals surface area contributed by atoms with E-state index in [1.54, 1.807) is 0 Å². The van der Waals surface area contributed by atoms with Crippen LogP contribution in [-0.4, -0.2) is 75.1 Å². The van der Waals surface area contributed by atoms with Gasteiger partial charge >= 0.3 is 0 Å². The first-order chi connectivity index (χ1) is 10.1. The lowest BCUT2D eigenvalue weighted by Gasteiger charge is -2.21. The standard InChI is InChI=1S/C13H21N3O5/c14-3-5-20-7-8-21-6-4-15-12(18)10-16-9-11(17)1-2-13(16)19/h1-2H,3-10,14H2,(H,15,18). The van der Waals surface area contributed by atoms with Crippen LogP contribution in [0.3, 0.4) is 0 Å². The van der Waals surface area contributed by atoms with Crippen molar-refractivity contribution in [2.45, 2.75) is 0 Å². The Labute approximate surface area is 123 Å². The van der Waals surface area contributed by atoms with Gasteiger partial charge < -0.3 is 25.4 Å². The molecule has 0 saturated heterocycles. The molecule has 0 aliphatic carbocycles. The Balaban J connectivity index is 2.05. The summed E-state index contributed by atoms with van der Waals surface area (Å²) in [6.07, 6.45) is 2.39. The highest BCUT2D eigenvalue weighted by molar-refractivity contribution is 6.05. The number of carbonyl (C=O) groups excluding carboxylic acids is 3. The lowest BCUT2D eigenvalue weighted by molar-refractivity contribution is -0.135. The molecule has 1 rings (SSSR count). The van der Waals surface area contributed by atoms with Crippen LogP contribution >= 0.6 is 0 Å². The second-order valence-corrected chi connectivity index (χ2v) is 4.36. The molecule has 2 amide bonds. The normalized spacial score (nSPS) is 14.6. The van der Waals surface area contributed by atoms with Crippen LogP contribution in [0.15, 0.2) is 12.2 Å². The Morgan fingerprint density at radius 1 is 1.19 bits per heavy atom. The highest BCUT2D eigenvalue weighted by atomic mass is 16.5. The van der Waals surface area contributed by atoms with E-state index in [-0.39, 0.29) is 30.7 Å². The smallest absolute Gasteiger partial charge is 0.247 e. The molecular weight excluding hydrogens is 278 g/mol. The third kappa shape index (κ3) is 7.54. The Morgan fingerprint density at radius 3 is 2.62 bits per heavy atom. The first-order valence-electron chi connectivity index (χ1n) is 6.75. The number of amides is 2. The summed E-state index contributed by atoms with van der Waals surface area (Å²) in [5.41, 5.74) is 5.25. The van der Waals surface area contributed by atoms with Crippen LogP contribution in [0.4, 0.5) is 0 Å². The summed E-state index contributed by atoms with van der Waals surface area (Å²) >= 11 is 0. The highest BCUT2D eigenvalue weighted by Crippen LogP contribution is 1.99. The quantitative estimate of drug-likeness (QED) is 0.454. The van der Waals surface area contributed by atoms with Crippen LogP contribution in [0.1, 0.15) is 0 Å². The number of nitrogens with zero attached hydrogens (tertiary/aromatic N) is 1. The molecule has 0 radical (unpaired) electrons. The fourth-order valence-electron chi connectivity index (χ4n) is 1.62. The number of carbonyl (C=O) groups is 3. The topological polar surface area (TPSA) is 111 Å². The van der Waals surface area contributed by atoms with Gasteiger partial charge in [0.2, 0.25) is 11.8 Å². The fourth-order valence-corrected chi connectivity index (χ4v) is 1.62. The predicted octanol–water partition coefficient (Wildman–Crippen LogP) is -1.94. The van der Waals surface area contributed by atoms with Crippen LogP contribution in [0.25, 0.3) is 0 Å². The van der Waals surface area contributed by atoms with Crippen molar-refractivity contribution in [3.63, 3.8) is 0 Å². The van der Waals surface area contributed by atoms with Crippen molar-refractivity contribution in [2.24, 2.45) is 5.73 Å². The molecule has 118 valence electrons. The number of ketones is 1. The molecule has 0 fully saturated rings. The Hall–Kier alpha value is -1.77. The van der Waals surface area contributed by atoms with E-state index in [1.807, 2.05) is 0 Å². The molecule has 8 heteroatoms. The summed E-state index contributed by atoms with van der Waals surface area (Å²) in [4.78, 5) is 35.4. The average Bonchev–Trinajstić information content (AvgIpc) is 2.46. The summed E-state index contributed by atoms with van der Waals surface area (Å²) in [6, 6.07) is 0. The van der Waals surface area contributed by atoms with E-state index in [9.17, 15) is 14.4 Å². The zero-order valence-electron chi connectivity index (χ0n) is 11.9. The molecule has 0 aromatic heterocycles. The van der Waals surface area contributed by atoms with Gasteiger partial charge in [0.1, 0.15) is 6.54 Å². The Kier molecular flexibility index (Phi) is 8.25. The van der Waals surface area contributed by atoms with Crippen molar-refractivity contribution in [1.29, 1.82) is 0 Å².